The zero-order valence-electron chi connectivity index (χ0n) is 7.18. The van der Waals surface area contributed by atoms with Gasteiger partial charge in [0, 0.05) is 0 Å². The van der Waals surface area contributed by atoms with E-state index in [1.165, 1.54) is 0 Å². The van der Waals surface area contributed by atoms with E-state index in [2.05, 4.69) is 5.10 Å². The molecule has 0 spiro atoms. The fraction of sp³-hybridized carbons (Fsp3) is 0.333. The highest BCUT2D eigenvalue weighted by Gasteiger charge is 2.29. The minimum atomic E-state index is -1.45. The van der Waals surface area contributed by atoms with Crippen molar-refractivity contribution in [3.8, 4) is 5.88 Å². The van der Waals surface area contributed by atoms with Gasteiger partial charge >= 0.3 is 17.5 Å². The van der Waals surface area contributed by atoms with Crippen LogP contribution in [0.3, 0.4) is 0 Å². The van der Waals surface area contributed by atoms with E-state index in [-0.39, 0.29) is 12.5 Å². The Hall–Kier alpha value is -2.12. The lowest BCUT2D eigenvalue weighted by atomic mass is 10.4. The minimum Gasteiger partial charge on any atom is -0.476 e. The van der Waals surface area contributed by atoms with Crippen LogP contribution >= 0.6 is 0 Å². The predicted molar refractivity (Wildman–Crippen MR) is 43.4 cm³/mol. The molecule has 2 N–H and O–H groups in total. The summed E-state index contributed by atoms with van der Waals surface area (Å²) in [5.74, 6) is -1.76. The molecule has 0 aliphatic rings. The van der Waals surface area contributed by atoms with Crippen molar-refractivity contribution < 1.29 is 19.6 Å². The number of carboxylic acids is 1. The molecule has 0 aliphatic heterocycles. The second kappa shape index (κ2) is 3.73. The number of nitrogens with zero attached hydrogens (tertiary/aromatic N) is 2. The molecule has 0 radical (unpaired) electrons. The van der Waals surface area contributed by atoms with Crippen molar-refractivity contribution in [1.29, 1.82) is 0 Å². The van der Waals surface area contributed by atoms with Gasteiger partial charge in [0.25, 0.3) is 0 Å². The summed E-state index contributed by atoms with van der Waals surface area (Å²) in [4.78, 5) is 20.1. The van der Waals surface area contributed by atoms with Crippen LogP contribution in [0.15, 0.2) is 0 Å². The molecular weight excluding hydrogens is 194 g/mol. The largest absolute Gasteiger partial charge is 0.476 e. The Kier molecular flexibility index (Phi) is 2.65. The van der Waals surface area contributed by atoms with Crippen LogP contribution in [0.25, 0.3) is 0 Å². The number of hydrogen-bond donors (Lipinski definition) is 2. The van der Waals surface area contributed by atoms with E-state index in [4.69, 9.17) is 9.84 Å². The maximum atomic E-state index is 10.5. The van der Waals surface area contributed by atoms with Crippen LogP contribution in [0.5, 0.6) is 5.88 Å². The lowest BCUT2D eigenvalue weighted by Gasteiger charge is -1.95. The van der Waals surface area contributed by atoms with Crippen LogP contribution in [-0.4, -0.2) is 32.8 Å². The first-order valence-corrected chi connectivity index (χ1v) is 3.66. The summed E-state index contributed by atoms with van der Waals surface area (Å²) in [5, 5.41) is 24.5. The molecule has 0 fully saturated rings. The van der Waals surface area contributed by atoms with Gasteiger partial charge in [-0.15, -0.1) is 5.10 Å². The monoisotopic (exact) mass is 201 g/mol. The maximum Gasteiger partial charge on any atom is 0.364 e. The van der Waals surface area contributed by atoms with E-state index in [0.717, 1.165) is 0 Å². The van der Waals surface area contributed by atoms with E-state index in [1.54, 1.807) is 6.92 Å². The van der Waals surface area contributed by atoms with Gasteiger partial charge in [-0.2, -0.15) is 0 Å². The number of nitrogens with one attached hydrogen (secondary N) is 1. The van der Waals surface area contributed by atoms with E-state index in [1.807, 2.05) is 5.10 Å². The Balaban J connectivity index is 3.20. The molecule has 1 aromatic heterocycles. The molecule has 0 atom stereocenters. The Morgan fingerprint density at radius 1 is 1.79 bits per heavy atom. The smallest absolute Gasteiger partial charge is 0.364 e. The first-order valence-electron chi connectivity index (χ1n) is 3.66. The summed E-state index contributed by atoms with van der Waals surface area (Å²) in [7, 11) is 0. The summed E-state index contributed by atoms with van der Waals surface area (Å²) in [5.41, 5.74) is -1.24. The third-order valence-corrected chi connectivity index (χ3v) is 1.39. The van der Waals surface area contributed by atoms with Crippen LogP contribution in [0.4, 0.5) is 5.69 Å². The highest BCUT2D eigenvalue weighted by atomic mass is 16.6. The molecule has 14 heavy (non-hydrogen) atoms. The van der Waals surface area contributed by atoms with Crippen molar-refractivity contribution >= 4 is 11.7 Å². The third kappa shape index (κ3) is 1.63. The van der Waals surface area contributed by atoms with Gasteiger partial charge in [0.2, 0.25) is 5.69 Å². The lowest BCUT2D eigenvalue weighted by molar-refractivity contribution is -0.386. The number of nitro groups is 1. The number of carbonyl (C=O) groups is 1. The topological polar surface area (TPSA) is 118 Å². The first kappa shape index (κ1) is 9.96. The first-order chi connectivity index (χ1) is 6.57. The third-order valence-electron chi connectivity index (χ3n) is 1.39. The van der Waals surface area contributed by atoms with Crippen LogP contribution in [-0.2, 0) is 0 Å². The summed E-state index contributed by atoms with van der Waals surface area (Å²) in [6.45, 7) is 1.78. The van der Waals surface area contributed by atoms with Crippen molar-refractivity contribution in [2.75, 3.05) is 6.61 Å². The summed E-state index contributed by atoms with van der Waals surface area (Å²) in [6, 6.07) is 0. The molecule has 0 bridgehead atoms. The second-order valence-electron chi connectivity index (χ2n) is 2.25. The van der Waals surface area contributed by atoms with E-state index < -0.39 is 22.3 Å². The quantitative estimate of drug-likeness (QED) is 0.538. The number of H-pyrrole nitrogens is 1. The summed E-state index contributed by atoms with van der Waals surface area (Å²) in [6.07, 6.45) is 0. The normalized spacial score (nSPS) is 9.79. The van der Waals surface area contributed by atoms with Gasteiger partial charge in [0.05, 0.1) is 11.5 Å². The van der Waals surface area contributed by atoms with E-state index >= 15 is 0 Å². The zero-order valence-corrected chi connectivity index (χ0v) is 7.18. The molecule has 0 saturated heterocycles. The Labute approximate surface area is 77.6 Å². The number of ether oxygens (including phenoxy) is 1. The average Bonchev–Trinajstić information content (AvgIpc) is 2.48. The molecule has 0 saturated carbocycles. The van der Waals surface area contributed by atoms with E-state index in [9.17, 15) is 14.9 Å². The van der Waals surface area contributed by atoms with Gasteiger partial charge in [0.1, 0.15) is 0 Å². The van der Waals surface area contributed by atoms with Crippen molar-refractivity contribution in [1.82, 2.24) is 10.2 Å². The molecule has 0 unspecified atom stereocenters. The van der Waals surface area contributed by atoms with Gasteiger partial charge in [-0.1, -0.05) is 0 Å². The predicted octanol–water partition coefficient (Wildman–Crippen LogP) is 0.415. The number of aromatic nitrogens is 2. The van der Waals surface area contributed by atoms with Gasteiger partial charge in [0.15, 0.2) is 0 Å². The van der Waals surface area contributed by atoms with Gasteiger partial charge in [-0.25, -0.2) is 4.79 Å². The van der Waals surface area contributed by atoms with E-state index in [0.29, 0.717) is 0 Å². The molecule has 1 heterocycles. The number of hydrogen-bond acceptors (Lipinski definition) is 5. The molecule has 0 aromatic carbocycles. The van der Waals surface area contributed by atoms with Crippen LogP contribution < -0.4 is 4.74 Å². The second-order valence-corrected chi connectivity index (χ2v) is 2.25. The van der Waals surface area contributed by atoms with Gasteiger partial charge in [-0.3, -0.25) is 15.2 Å². The molecule has 1 rings (SSSR count). The fourth-order valence-corrected chi connectivity index (χ4v) is 0.875. The molecule has 0 aliphatic carbocycles. The number of carboxylic acid groups (broad SMARTS) is 1. The summed E-state index contributed by atoms with van der Waals surface area (Å²) < 4.78 is 4.78. The molecule has 8 heteroatoms. The lowest BCUT2D eigenvalue weighted by Crippen LogP contribution is -2.02. The molecule has 76 valence electrons. The zero-order chi connectivity index (χ0) is 10.7. The van der Waals surface area contributed by atoms with Crippen LogP contribution in [0.2, 0.25) is 0 Å². The molecule has 0 amide bonds. The average molecular weight is 201 g/mol. The maximum absolute atomic E-state index is 10.5. The van der Waals surface area contributed by atoms with Gasteiger partial charge < -0.3 is 9.84 Å². The Morgan fingerprint density at radius 2 is 2.43 bits per heavy atom. The van der Waals surface area contributed by atoms with Crippen LogP contribution in [0.1, 0.15) is 17.4 Å². The number of aromatic amines is 1. The number of rotatable bonds is 4. The fourth-order valence-electron chi connectivity index (χ4n) is 0.875. The molecule has 1 aromatic rings. The molecular formula is C6H7N3O5. The number of aromatic carboxylic acids is 1. The van der Waals surface area contributed by atoms with Crippen molar-refractivity contribution in [3.05, 3.63) is 15.8 Å². The highest BCUT2D eigenvalue weighted by Crippen LogP contribution is 2.27. The van der Waals surface area contributed by atoms with Gasteiger partial charge in [-0.05, 0) is 6.92 Å². The molecule has 8 nitrogen and oxygen atoms in total. The standard InChI is InChI=1S/C6H7N3O5/c1-2-14-5-4(9(12)13)3(6(10)11)7-8-5/h2H2,1H3,(H,7,8)(H,10,11). The SMILES string of the molecule is CCOc1n[nH]c(C(=O)O)c1[N+](=O)[O-]. The highest BCUT2D eigenvalue weighted by molar-refractivity contribution is 5.91. The summed E-state index contributed by atoms with van der Waals surface area (Å²) >= 11 is 0. The Bertz CT molecular complexity index is 372. The van der Waals surface area contributed by atoms with Crippen molar-refractivity contribution in [2.45, 2.75) is 6.92 Å². The minimum absolute atomic E-state index is 0.171. The Morgan fingerprint density at radius 3 is 2.86 bits per heavy atom. The van der Waals surface area contributed by atoms with Crippen molar-refractivity contribution in [2.24, 2.45) is 0 Å². The van der Waals surface area contributed by atoms with Crippen molar-refractivity contribution in [3.63, 3.8) is 0 Å². The van der Waals surface area contributed by atoms with Crippen LogP contribution in [0, 0.1) is 10.1 Å².